The molecule has 11 nitrogen and oxygen atoms in total. The third-order valence-electron chi connectivity index (χ3n) is 3.63. The molecule has 146 valence electrons. The maximum atomic E-state index is 12.3. The van der Waals surface area contributed by atoms with E-state index >= 15 is 0 Å². The van der Waals surface area contributed by atoms with Crippen LogP contribution in [0.15, 0.2) is 42.5 Å². The van der Waals surface area contributed by atoms with E-state index in [2.05, 4.69) is 5.32 Å². The molecule has 28 heavy (non-hydrogen) atoms. The van der Waals surface area contributed by atoms with Gasteiger partial charge in [0.05, 0.1) is 22.6 Å². The van der Waals surface area contributed by atoms with Gasteiger partial charge in [-0.3, -0.25) is 25.0 Å². The van der Waals surface area contributed by atoms with Crippen molar-refractivity contribution < 1.29 is 28.9 Å². The molecule has 0 fully saturated rings. The molecule has 2 aromatic carbocycles. The number of benzene rings is 2. The second kappa shape index (κ2) is 8.58. The molecule has 11 heteroatoms. The van der Waals surface area contributed by atoms with Gasteiger partial charge in [-0.2, -0.15) is 0 Å². The van der Waals surface area contributed by atoms with Crippen LogP contribution in [0.1, 0.15) is 17.3 Å². The molecule has 1 N–H and O–H groups in total. The summed E-state index contributed by atoms with van der Waals surface area (Å²) in [6.45, 7) is 1.26. The quantitative estimate of drug-likeness (QED) is 0.431. The predicted molar refractivity (Wildman–Crippen MR) is 96.3 cm³/mol. The fourth-order valence-electron chi connectivity index (χ4n) is 2.22. The zero-order chi connectivity index (χ0) is 20.8. The number of nitrogens with zero attached hydrogens (tertiary/aromatic N) is 2. The number of nitro groups is 2. The van der Waals surface area contributed by atoms with Gasteiger partial charge >= 0.3 is 5.97 Å². The largest absolute Gasteiger partial charge is 0.495 e. The highest BCUT2D eigenvalue weighted by Crippen LogP contribution is 2.29. The monoisotopic (exact) mass is 389 g/mol. The molecule has 0 saturated carbocycles. The lowest BCUT2D eigenvalue weighted by atomic mass is 10.2. The second-order valence-corrected chi connectivity index (χ2v) is 5.45. The van der Waals surface area contributed by atoms with Crippen molar-refractivity contribution in [2.75, 3.05) is 12.4 Å². The summed E-state index contributed by atoms with van der Waals surface area (Å²) in [5.74, 6) is -1.69. The molecule has 2 aromatic rings. The Labute approximate surface area is 158 Å². The van der Waals surface area contributed by atoms with Crippen LogP contribution in [-0.2, 0) is 9.53 Å². The van der Waals surface area contributed by atoms with Crippen molar-refractivity contribution >= 4 is 28.9 Å². The first-order valence-corrected chi connectivity index (χ1v) is 7.82. The van der Waals surface area contributed by atoms with E-state index in [-0.39, 0.29) is 22.7 Å². The molecule has 1 unspecified atom stereocenters. The number of nitro benzene ring substituents is 2. The minimum absolute atomic E-state index is 0.00953. The number of hydrogen-bond acceptors (Lipinski definition) is 8. The van der Waals surface area contributed by atoms with Crippen LogP contribution in [0.3, 0.4) is 0 Å². The lowest BCUT2D eigenvalue weighted by Gasteiger charge is -2.15. The number of anilines is 1. The molecule has 2 rings (SSSR count). The van der Waals surface area contributed by atoms with Gasteiger partial charge in [-0.15, -0.1) is 0 Å². The van der Waals surface area contributed by atoms with E-state index in [1.165, 1.54) is 44.4 Å². The van der Waals surface area contributed by atoms with Crippen molar-refractivity contribution in [3.05, 3.63) is 68.3 Å². The number of methoxy groups -OCH3 is 1. The van der Waals surface area contributed by atoms with Gasteiger partial charge in [0.2, 0.25) is 0 Å². The van der Waals surface area contributed by atoms with Gasteiger partial charge in [-0.1, -0.05) is 12.1 Å². The molecule has 0 bridgehead atoms. The first-order valence-electron chi connectivity index (χ1n) is 7.82. The number of nitrogens with one attached hydrogen (secondary N) is 1. The Morgan fingerprint density at radius 1 is 1.07 bits per heavy atom. The van der Waals surface area contributed by atoms with E-state index < -0.39 is 33.5 Å². The molecular weight excluding hydrogens is 374 g/mol. The number of rotatable bonds is 7. The van der Waals surface area contributed by atoms with E-state index in [4.69, 9.17) is 9.47 Å². The van der Waals surface area contributed by atoms with Crippen molar-refractivity contribution in [1.82, 2.24) is 0 Å². The Bertz CT molecular complexity index is 944. The normalized spacial score (nSPS) is 11.2. The summed E-state index contributed by atoms with van der Waals surface area (Å²) in [6, 6.07) is 8.74. The predicted octanol–water partition coefficient (Wildman–Crippen LogP) is 2.70. The summed E-state index contributed by atoms with van der Waals surface area (Å²) < 4.78 is 10.0. The average molecular weight is 389 g/mol. The van der Waals surface area contributed by atoms with Crippen LogP contribution in [0.5, 0.6) is 5.75 Å². The smallest absolute Gasteiger partial charge is 0.345 e. The van der Waals surface area contributed by atoms with Crippen LogP contribution in [0.25, 0.3) is 0 Å². The Balaban J connectivity index is 2.16. The number of non-ortho nitro benzene ring substituents is 1. The van der Waals surface area contributed by atoms with E-state index in [1.807, 2.05) is 0 Å². The zero-order valence-electron chi connectivity index (χ0n) is 14.8. The highest BCUT2D eigenvalue weighted by Gasteiger charge is 2.25. The van der Waals surface area contributed by atoms with Crippen LogP contribution in [-0.4, -0.2) is 34.9 Å². The van der Waals surface area contributed by atoms with Gasteiger partial charge in [-0.05, 0) is 19.1 Å². The van der Waals surface area contributed by atoms with E-state index in [9.17, 15) is 29.8 Å². The average Bonchev–Trinajstić information content (AvgIpc) is 2.67. The highest BCUT2D eigenvalue weighted by molar-refractivity contribution is 5.99. The van der Waals surface area contributed by atoms with Crippen LogP contribution in [0.4, 0.5) is 17.1 Å². The SMILES string of the molecule is COc1ccc([N+](=O)[O-])cc1NC(=O)C(C)OC(=O)c1ccccc1[N+](=O)[O-]. The topological polar surface area (TPSA) is 151 Å². The van der Waals surface area contributed by atoms with Crippen LogP contribution >= 0.6 is 0 Å². The summed E-state index contributed by atoms with van der Waals surface area (Å²) in [7, 11) is 1.31. The third-order valence-corrected chi connectivity index (χ3v) is 3.63. The van der Waals surface area contributed by atoms with Crippen molar-refractivity contribution in [2.45, 2.75) is 13.0 Å². The molecule has 0 heterocycles. The summed E-state index contributed by atoms with van der Waals surface area (Å²) in [6.07, 6.45) is -1.34. The van der Waals surface area contributed by atoms with Gasteiger partial charge in [0.15, 0.2) is 6.10 Å². The van der Waals surface area contributed by atoms with Gasteiger partial charge in [0.25, 0.3) is 17.3 Å². The van der Waals surface area contributed by atoms with Gasteiger partial charge < -0.3 is 14.8 Å². The number of amides is 1. The molecule has 1 atom stereocenters. The summed E-state index contributed by atoms with van der Waals surface area (Å²) in [5, 5.41) is 24.3. The van der Waals surface area contributed by atoms with Crippen molar-refractivity contribution in [1.29, 1.82) is 0 Å². The summed E-state index contributed by atoms with van der Waals surface area (Å²) in [4.78, 5) is 45.0. The Kier molecular flexibility index (Phi) is 6.22. The Morgan fingerprint density at radius 3 is 2.36 bits per heavy atom. The van der Waals surface area contributed by atoms with E-state index in [1.54, 1.807) is 0 Å². The lowest BCUT2D eigenvalue weighted by Crippen LogP contribution is -2.30. The van der Waals surface area contributed by atoms with E-state index in [0.29, 0.717) is 0 Å². The zero-order valence-corrected chi connectivity index (χ0v) is 14.8. The molecular formula is C17H15N3O8. The molecule has 0 aliphatic carbocycles. The van der Waals surface area contributed by atoms with Gasteiger partial charge in [0, 0.05) is 18.2 Å². The Morgan fingerprint density at radius 2 is 1.75 bits per heavy atom. The number of carbonyl (C=O) groups is 2. The molecule has 0 radical (unpaired) electrons. The number of hydrogen-bond donors (Lipinski definition) is 1. The lowest BCUT2D eigenvalue weighted by molar-refractivity contribution is -0.385. The first-order chi connectivity index (χ1) is 13.2. The minimum Gasteiger partial charge on any atom is -0.495 e. The number of para-hydroxylation sites is 1. The van der Waals surface area contributed by atoms with Crippen molar-refractivity contribution in [3.8, 4) is 5.75 Å². The second-order valence-electron chi connectivity index (χ2n) is 5.45. The first kappa shape index (κ1) is 20.3. The molecule has 0 aromatic heterocycles. The van der Waals surface area contributed by atoms with Gasteiger partial charge in [0.1, 0.15) is 11.3 Å². The highest BCUT2D eigenvalue weighted by atomic mass is 16.6. The van der Waals surface area contributed by atoms with E-state index in [0.717, 1.165) is 12.1 Å². The van der Waals surface area contributed by atoms with Crippen LogP contribution in [0.2, 0.25) is 0 Å². The minimum atomic E-state index is -1.34. The summed E-state index contributed by atoms with van der Waals surface area (Å²) in [5.41, 5.74) is -1.03. The van der Waals surface area contributed by atoms with Crippen LogP contribution in [0, 0.1) is 20.2 Å². The fraction of sp³-hybridized carbons (Fsp3) is 0.176. The van der Waals surface area contributed by atoms with Crippen molar-refractivity contribution in [2.24, 2.45) is 0 Å². The molecule has 0 spiro atoms. The van der Waals surface area contributed by atoms with Crippen molar-refractivity contribution in [3.63, 3.8) is 0 Å². The standard InChI is InChI=1S/C17H15N3O8/c1-10(28-17(22)12-5-3-4-6-14(12)20(25)26)16(21)18-13-9-11(19(23)24)7-8-15(13)27-2/h3-10H,1-2H3,(H,18,21). The molecule has 1 amide bonds. The maximum Gasteiger partial charge on any atom is 0.345 e. The fourth-order valence-corrected chi connectivity index (χ4v) is 2.22. The molecule has 0 saturated heterocycles. The van der Waals surface area contributed by atoms with Crippen LogP contribution < -0.4 is 10.1 Å². The number of ether oxygens (including phenoxy) is 2. The third kappa shape index (κ3) is 4.58. The Hall–Kier alpha value is -4.02. The molecule has 0 aliphatic rings. The van der Waals surface area contributed by atoms with Gasteiger partial charge in [-0.25, -0.2) is 4.79 Å². The number of esters is 1. The maximum absolute atomic E-state index is 12.3. The number of carbonyl (C=O) groups excluding carboxylic acids is 2. The summed E-state index contributed by atoms with van der Waals surface area (Å²) >= 11 is 0. The molecule has 0 aliphatic heterocycles.